The van der Waals surface area contributed by atoms with Gasteiger partial charge in [0.1, 0.15) is 16.9 Å². The lowest BCUT2D eigenvalue weighted by Crippen LogP contribution is -2.52. The molecule has 3 aromatic carbocycles. The number of benzene rings is 3. The monoisotopic (exact) mass is 678 g/mol. The van der Waals surface area contributed by atoms with E-state index in [0.717, 1.165) is 29.5 Å². The Morgan fingerprint density at radius 2 is 1.60 bits per heavy atom. The average molecular weight is 679 g/mol. The number of hydrogen-bond donors (Lipinski definition) is 0. The van der Waals surface area contributed by atoms with Crippen molar-refractivity contribution in [3.63, 3.8) is 0 Å². The molecule has 3 atom stereocenters. The van der Waals surface area contributed by atoms with Crippen molar-refractivity contribution >= 4 is 22.9 Å². The fourth-order valence-corrected chi connectivity index (χ4v) is 7.06. The molecule has 0 unspecified atom stereocenters. The van der Waals surface area contributed by atoms with Crippen LogP contribution in [-0.2, 0) is 49.5 Å². The van der Waals surface area contributed by atoms with Crippen molar-refractivity contribution in [2.24, 2.45) is 5.92 Å². The van der Waals surface area contributed by atoms with Gasteiger partial charge in [0.05, 0.1) is 12.2 Å². The van der Waals surface area contributed by atoms with Crippen molar-refractivity contribution in [3.8, 4) is 5.75 Å². The molecule has 262 valence electrons. The Balaban J connectivity index is 1.44. The summed E-state index contributed by atoms with van der Waals surface area (Å²) in [6, 6.07) is 24.1. The molecule has 1 aromatic heterocycles. The molecule has 0 N–H and O–H groups in total. The van der Waals surface area contributed by atoms with Gasteiger partial charge in [-0.25, -0.2) is 9.59 Å². The molecule has 4 aromatic rings. The zero-order valence-corrected chi connectivity index (χ0v) is 29.6. The van der Waals surface area contributed by atoms with Gasteiger partial charge in [0, 0.05) is 36.5 Å². The first-order valence-electron chi connectivity index (χ1n) is 17.5. The predicted molar refractivity (Wildman–Crippen MR) is 191 cm³/mol. The summed E-state index contributed by atoms with van der Waals surface area (Å²) in [6.45, 7) is 7.78. The quantitative estimate of drug-likeness (QED) is 0.116. The van der Waals surface area contributed by atoms with Crippen molar-refractivity contribution in [1.29, 1.82) is 0 Å². The lowest BCUT2D eigenvalue weighted by molar-refractivity contribution is -0.188. The van der Waals surface area contributed by atoms with Gasteiger partial charge < -0.3 is 23.4 Å². The van der Waals surface area contributed by atoms with Gasteiger partial charge in [0.15, 0.2) is 12.2 Å². The summed E-state index contributed by atoms with van der Waals surface area (Å²) in [5.74, 6) is -0.539. The largest absolute Gasteiger partial charge is 0.483 e. The SMILES string of the molecule is COCCc1cc2ccc3c(c2oc1=O)[C@H]1OC(=O)C[C@@H](CCc2ccccc2)Cc2ccc(cc2)CCC(=C(C)C)C(=O)O[C@@H]1C(C)(C)O3. The van der Waals surface area contributed by atoms with Crippen LogP contribution in [0.5, 0.6) is 5.75 Å². The maximum atomic E-state index is 14.1. The maximum Gasteiger partial charge on any atom is 0.339 e. The number of ether oxygens (including phenoxy) is 4. The fraction of sp³-hybridized carbons (Fsp3) is 0.405. The van der Waals surface area contributed by atoms with Crippen LogP contribution in [0.15, 0.2) is 93.2 Å². The number of carbonyl (C=O) groups is 2. The van der Waals surface area contributed by atoms with Crippen LogP contribution in [0, 0.1) is 5.92 Å². The zero-order chi connectivity index (χ0) is 35.4. The molecule has 8 heteroatoms. The standard InChI is InChI=1S/C42H46O8/c1-26(2)33-19-17-28-11-14-29(15-12-28)23-30(16-13-27-9-7-6-8-10-27)24-35(43)47-38-36-34(50-42(3,4)39(38)49-41(33)45)20-18-31-25-32(21-22-46-5)40(44)48-37(31)36/h6-12,14-15,18,20,25,30,38-39H,13,16-17,19,21-24H2,1-5H3/t30-,38+,39-/m0/s1. The maximum absolute atomic E-state index is 14.1. The van der Waals surface area contributed by atoms with Gasteiger partial charge in [-0.1, -0.05) is 60.2 Å². The molecular formula is C42H46O8. The van der Waals surface area contributed by atoms with E-state index in [1.165, 1.54) is 5.56 Å². The molecule has 0 amide bonds. The molecule has 2 bridgehead atoms. The first-order chi connectivity index (χ1) is 24.0. The van der Waals surface area contributed by atoms with Crippen molar-refractivity contribution in [3.05, 3.63) is 122 Å². The number of hydrogen-bond acceptors (Lipinski definition) is 8. The highest BCUT2D eigenvalue weighted by Crippen LogP contribution is 2.47. The van der Waals surface area contributed by atoms with Crippen LogP contribution in [0.3, 0.4) is 0 Å². The Labute approximate surface area is 293 Å². The third kappa shape index (κ3) is 7.86. The van der Waals surface area contributed by atoms with Crippen LogP contribution in [0.1, 0.15) is 80.9 Å². The van der Waals surface area contributed by atoms with E-state index in [1.54, 1.807) is 19.2 Å². The van der Waals surface area contributed by atoms with Crippen LogP contribution in [0.25, 0.3) is 11.0 Å². The van der Waals surface area contributed by atoms with Crippen molar-refractivity contribution in [1.82, 2.24) is 0 Å². The summed E-state index contributed by atoms with van der Waals surface area (Å²) >= 11 is 0. The van der Waals surface area contributed by atoms with E-state index in [4.69, 9.17) is 23.4 Å². The van der Waals surface area contributed by atoms with Crippen molar-refractivity contribution in [2.75, 3.05) is 13.7 Å². The Kier molecular flexibility index (Phi) is 10.6. The van der Waals surface area contributed by atoms with Crippen molar-refractivity contribution in [2.45, 2.75) is 90.4 Å². The third-order valence-electron chi connectivity index (χ3n) is 9.86. The second kappa shape index (κ2) is 15.1. The summed E-state index contributed by atoms with van der Waals surface area (Å²) in [7, 11) is 1.58. The zero-order valence-electron chi connectivity index (χ0n) is 29.6. The first kappa shape index (κ1) is 35.1. The molecule has 0 radical (unpaired) electrons. The second-order valence-electron chi connectivity index (χ2n) is 14.2. The van der Waals surface area contributed by atoms with Crippen LogP contribution < -0.4 is 10.4 Å². The number of aryl methyl sites for hydroxylation is 2. The highest BCUT2D eigenvalue weighted by molar-refractivity contribution is 5.90. The minimum atomic E-state index is -1.10. The summed E-state index contributed by atoms with van der Waals surface area (Å²) in [6.07, 6.45) is 1.84. The molecule has 3 aliphatic heterocycles. The summed E-state index contributed by atoms with van der Waals surface area (Å²) in [5.41, 5.74) is 4.33. The highest BCUT2D eigenvalue weighted by atomic mass is 16.6. The van der Waals surface area contributed by atoms with Gasteiger partial charge >= 0.3 is 17.6 Å². The van der Waals surface area contributed by atoms with Gasteiger partial charge in [0.2, 0.25) is 0 Å². The molecule has 0 spiro atoms. The van der Waals surface area contributed by atoms with Crippen molar-refractivity contribution < 1.29 is 33.0 Å². The van der Waals surface area contributed by atoms with Gasteiger partial charge in [-0.2, -0.15) is 0 Å². The van der Waals surface area contributed by atoms with Crippen LogP contribution in [0.4, 0.5) is 0 Å². The molecule has 8 nitrogen and oxygen atoms in total. The molecule has 50 heavy (non-hydrogen) atoms. The molecule has 0 aliphatic carbocycles. The second-order valence-corrected chi connectivity index (χ2v) is 14.2. The molecule has 0 saturated heterocycles. The van der Waals surface area contributed by atoms with E-state index in [2.05, 4.69) is 36.4 Å². The highest BCUT2D eigenvalue weighted by Gasteiger charge is 2.50. The molecular weight excluding hydrogens is 632 g/mol. The number of allylic oxidation sites excluding steroid dienone is 1. The Morgan fingerprint density at radius 1 is 0.860 bits per heavy atom. The lowest BCUT2D eigenvalue weighted by atomic mass is 9.86. The minimum absolute atomic E-state index is 0.0131. The summed E-state index contributed by atoms with van der Waals surface area (Å²) < 4.78 is 30.4. The minimum Gasteiger partial charge on any atom is -0.483 e. The number of carbonyl (C=O) groups excluding carboxylic acids is 2. The van der Waals surface area contributed by atoms with Gasteiger partial charge in [0.25, 0.3) is 0 Å². The third-order valence-corrected chi connectivity index (χ3v) is 9.86. The van der Waals surface area contributed by atoms with Crippen LogP contribution >= 0.6 is 0 Å². The topological polar surface area (TPSA) is 101 Å². The van der Waals surface area contributed by atoms with Gasteiger partial charge in [-0.05, 0) is 101 Å². The molecule has 0 fully saturated rings. The average Bonchev–Trinajstić information content (AvgIpc) is 3.08. The first-order valence-corrected chi connectivity index (χ1v) is 17.5. The fourth-order valence-electron chi connectivity index (χ4n) is 7.06. The molecule has 3 aliphatic rings. The van der Waals surface area contributed by atoms with E-state index in [0.29, 0.717) is 60.1 Å². The van der Waals surface area contributed by atoms with E-state index in [9.17, 15) is 14.4 Å². The molecule has 4 heterocycles. The van der Waals surface area contributed by atoms with Crippen LogP contribution in [-0.4, -0.2) is 37.4 Å². The number of esters is 2. The van der Waals surface area contributed by atoms with Gasteiger partial charge in [-0.15, -0.1) is 0 Å². The molecule has 0 saturated carbocycles. The van der Waals surface area contributed by atoms with E-state index in [1.807, 2.05) is 52.0 Å². The van der Waals surface area contributed by atoms with Crippen LogP contribution in [0.2, 0.25) is 0 Å². The Hall–Kier alpha value is -4.69. The predicted octanol–water partition coefficient (Wildman–Crippen LogP) is 7.81. The Morgan fingerprint density at radius 3 is 2.32 bits per heavy atom. The summed E-state index contributed by atoms with van der Waals surface area (Å²) in [4.78, 5) is 41.4. The number of fused-ring (bicyclic) bond motifs is 13. The van der Waals surface area contributed by atoms with E-state index >= 15 is 0 Å². The lowest BCUT2D eigenvalue weighted by Gasteiger charge is -2.43. The number of rotatable bonds is 6. The Bertz CT molecular complexity index is 1930. The molecule has 7 rings (SSSR count). The number of methoxy groups -OCH3 is 1. The normalized spacial score (nSPS) is 20.7. The smallest absolute Gasteiger partial charge is 0.339 e. The van der Waals surface area contributed by atoms with Gasteiger partial charge in [-0.3, -0.25) is 4.79 Å². The van der Waals surface area contributed by atoms with E-state index in [-0.39, 0.29) is 17.9 Å². The summed E-state index contributed by atoms with van der Waals surface area (Å²) in [5, 5.41) is 0.639. The van der Waals surface area contributed by atoms with E-state index < -0.39 is 35.4 Å².